The number of non-ortho nitro benzene ring substituents is 1. The molecule has 2 aromatic carbocycles. The van der Waals surface area contributed by atoms with Gasteiger partial charge in [-0.05, 0) is 19.1 Å². The molecular weight excluding hydrogens is 298 g/mol. The maximum atomic E-state index is 10.6. The minimum absolute atomic E-state index is 0.0741. The highest BCUT2D eigenvalue weighted by atomic mass is 32.1. The molecule has 0 atom stereocenters. The monoisotopic (exact) mass is 311 g/mol. The van der Waals surface area contributed by atoms with Crippen molar-refractivity contribution < 1.29 is 4.92 Å². The first-order valence-corrected chi connectivity index (χ1v) is 7.54. The first kappa shape index (κ1) is 14.2. The molecule has 0 saturated heterocycles. The average Bonchev–Trinajstić information content (AvgIpc) is 2.97. The SMILES string of the molecule is Cc1ccc(-c2csc(Nc3ccc([N+](=O)[O-])cc3)n2)cc1. The largest absolute Gasteiger partial charge is 0.332 e. The lowest BCUT2D eigenvalue weighted by atomic mass is 10.1. The Bertz CT molecular complexity index is 795. The Morgan fingerprint density at radius 3 is 2.41 bits per heavy atom. The zero-order valence-electron chi connectivity index (χ0n) is 11.8. The highest BCUT2D eigenvalue weighted by Crippen LogP contribution is 2.27. The molecule has 0 bridgehead atoms. The Balaban J connectivity index is 1.76. The molecule has 0 radical (unpaired) electrons. The van der Waals surface area contributed by atoms with Crippen molar-refractivity contribution in [2.24, 2.45) is 0 Å². The molecule has 0 fully saturated rings. The Kier molecular flexibility index (Phi) is 3.84. The van der Waals surface area contributed by atoms with Gasteiger partial charge in [0.05, 0.1) is 10.6 Å². The minimum atomic E-state index is -0.414. The minimum Gasteiger partial charge on any atom is -0.332 e. The lowest BCUT2D eigenvalue weighted by Crippen LogP contribution is -1.91. The molecule has 1 aromatic heterocycles. The number of nitro groups is 1. The van der Waals surface area contributed by atoms with Gasteiger partial charge in [-0.15, -0.1) is 11.3 Å². The molecule has 1 N–H and O–H groups in total. The Morgan fingerprint density at radius 2 is 1.77 bits per heavy atom. The summed E-state index contributed by atoms with van der Waals surface area (Å²) < 4.78 is 0. The van der Waals surface area contributed by atoms with Gasteiger partial charge in [-0.2, -0.15) is 0 Å². The van der Waals surface area contributed by atoms with E-state index >= 15 is 0 Å². The Hall–Kier alpha value is -2.73. The fraction of sp³-hybridized carbons (Fsp3) is 0.0625. The maximum absolute atomic E-state index is 10.6. The first-order chi connectivity index (χ1) is 10.6. The summed E-state index contributed by atoms with van der Waals surface area (Å²) in [7, 11) is 0. The molecule has 3 rings (SSSR count). The number of rotatable bonds is 4. The number of hydrogen-bond donors (Lipinski definition) is 1. The molecule has 5 nitrogen and oxygen atoms in total. The van der Waals surface area contributed by atoms with Crippen LogP contribution < -0.4 is 5.32 Å². The van der Waals surface area contributed by atoms with E-state index in [4.69, 9.17) is 0 Å². The van der Waals surface area contributed by atoms with E-state index in [9.17, 15) is 10.1 Å². The van der Waals surface area contributed by atoms with Crippen LogP contribution in [-0.2, 0) is 0 Å². The number of hydrogen-bond acceptors (Lipinski definition) is 5. The van der Waals surface area contributed by atoms with Crippen LogP contribution in [0.15, 0.2) is 53.9 Å². The molecule has 0 aliphatic rings. The zero-order chi connectivity index (χ0) is 15.5. The van der Waals surface area contributed by atoms with Crippen LogP contribution in [0.4, 0.5) is 16.5 Å². The molecular formula is C16H13N3O2S. The summed E-state index contributed by atoms with van der Waals surface area (Å²) in [5, 5.41) is 16.5. The Morgan fingerprint density at radius 1 is 1.09 bits per heavy atom. The molecule has 0 unspecified atom stereocenters. The third-order valence-corrected chi connectivity index (χ3v) is 3.94. The van der Waals surface area contributed by atoms with Crippen LogP contribution >= 0.6 is 11.3 Å². The van der Waals surface area contributed by atoms with Gasteiger partial charge in [0.2, 0.25) is 0 Å². The fourth-order valence-corrected chi connectivity index (χ4v) is 2.72. The van der Waals surface area contributed by atoms with Crippen molar-refractivity contribution in [1.29, 1.82) is 0 Å². The van der Waals surface area contributed by atoms with E-state index in [0.29, 0.717) is 0 Å². The fourth-order valence-electron chi connectivity index (χ4n) is 1.98. The second kappa shape index (κ2) is 5.95. The molecule has 110 valence electrons. The lowest BCUT2D eigenvalue weighted by Gasteiger charge is -2.01. The van der Waals surface area contributed by atoms with Crippen LogP contribution in [0, 0.1) is 17.0 Å². The normalized spacial score (nSPS) is 10.4. The number of nitro benzene ring substituents is 1. The van der Waals surface area contributed by atoms with Crippen LogP contribution in [0.3, 0.4) is 0 Å². The number of thiazole rings is 1. The van der Waals surface area contributed by atoms with Crippen molar-refractivity contribution in [3.63, 3.8) is 0 Å². The van der Waals surface area contributed by atoms with E-state index in [1.807, 2.05) is 24.4 Å². The van der Waals surface area contributed by atoms with Crippen molar-refractivity contribution in [3.8, 4) is 11.3 Å². The van der Waals surface area contributed by atoms with E-state index in [2.05, 4.69) is 22.4 Å². The number of benzene rings is 2. The summed E-state index contributed by atoms with van der Waals surface area (Å²) >= 11 is 1.50. The average molecular weight is 311 g/mol. The van der Waals surface area contributed by atoms with Crippen LogP contribution in [0.1, 0.15) is 5.56 Å². The molecule has 0 amide bonds. The number of nitrogens with zero attached hydrogens (tertiary/aromatic N) is 2. The molecule has 6 heteroatoms. The number of aromatic nitrogens is 1. The summed E-state index contributed by atoms with van der Waals surface area (Å²) in [5.41, 5.74) is 4.04. The van der Waals surface area contributed by atoms with Gasteiger partial charge in [-0.1, -0.05) is 29.8 Å². The molecule has 0 aliphatic heterocycles. The Labute approximate surface area is 131 Å². The zero-order valence-corrected chi connectivity index (χ0v) is 12.6. The third kappa shape index (κ3) is 3.12. The number of nitrogens with one attached hydrogen (secondary N) is 1. The van der Waals surface area contributed by atoms with E-state index < -0.39 is 4.92 Å². The number of anilines is 2. The molecule has 0 spiro atoms. The highest BCUT2D eigenvalue weighted by Gasteiger charge is 2.07. The predicted molar refractivity (Wildman–Crippen MR) is 88.7 cm³/mol. The molecule has 0 saturated carbocycles. The molecule has 22 heavy (non-hydrogen) atoms. The standard InChI is InChI=1S/C16H13N3O2S/c1-11-2-4-12(5-3-11)15-10-22-16(18-15)17-13-6-8-14(9-7-13)19(20)21/h2-10H,1H3,(H,17,18). The second-order valence-corrected chi connectivity index (χ2v) is 5.69. The van der Waals surface area contributed by atoms with Crippen molar-refractivity contribution in [3.05, 3.63) is 69.6 Å². The lowest BCUT2D eigenvalue weighted by molar-refractivity contribution is -0.384. The van der Waals surface area contributed by atoms with Crippen molar-refractivity contribution in [2.45, 2.75) is 6.92 Å². The smallest absolute Gasteiger partial charge is 0.269 e. The predicted octanol–water partition coefficient (Wildman–Crippen LogP) is 4.77. The van der Waals surface area contributed by atoms with Gasteiger partial charge >= 0.3 is 0 Å². The van der Waals surface area contributed by atoms with E-state index in [1.165, 1.54) is 29.0 Å². The van der Waals surface area contributed by atoms with Crippen LogP contribution in [0.25, 0.3) is 11.3 Å². The van der Waals surface area contributed by atoms with Crippen LogP contribution in [-0.4, -0.2) is 9.91 Å². The van der Waals surface area contributed by atoms with Crippen molar-refractivity contribution in [2.75, 3.05) is 5.32 Å². The summed E-state index contributed by atoms with van der Waals surface area (Å²) in [6, 6.07) is 14.5. The van der Waals surface area contributed by atoms with Crippen molar-refractivity contribution >= 4 is 27.8 Å². The second-order valence-electron chi connectivity index (χ2n) is 4.83. The van der Waals surface area contributed by atoms with Gasteiger partial charge < -0.3 is 5.32 Å². The van der Waals surface area contributed by atoms with Gasteiger partial charge in [-0.25, -0.2) is 4.98 Å². The quantitative estimate of drug-likeness (QED) is 0.556. The van der Waals surface area contributed by atoms with E-state index in [-0.39, 0.29) is 5.69 Å². The maximum Gasteiger partial charge on any atom is 0.269 e. The van der Waals surface area contributed by atoms with Gasteiger partial charge in [0.15, 0.2) is 5.13 Å². The third-order valence-electron chi connectivity index (χ3n) is 3.18. The van der Waals surface area contributed by atoms with E-state index in [1.54, 1.807) is 12.1 Å². The van der Waals surface area contributed by atoms with Crippen molar-refractivity contribution in [1.82, 2.24) is 4.98 Å². The molecule has 0 aliphatic carbocycles. The van der Waals surface area contributed by atoms with Gasteiger partial charge in [0.1, 0.15) is 0 Å². The summed E-state index contributed by atoms with van der Waals surface area (Å²) in [6.07, 6.45) is 0. The highest BCUT2D eigenvalue weighted by molar-refractivity contribution is 7.14. The summed E-state index contributed by atoms with van der Waals surface area (Å²) in [6.45, 7) is 2.05. The summed E-state index contributed by atoms with van der Waals surface area (Å²) in [4.78, 5) is 14.8. The summed E-state index contributed by atoms with van der Waals surface area (Å²) in [5.74, 6) is 0. The van der Waals surface area contributed by atoms with E-state index in [0.717, 1.165) is 22.1 Å². The van der Waals surface area contributed by atoms with Crippen LogP contribution in [0.2, 0.25) is 0 Å². The molecule has 3 aromatic rings. The first-order valence-electron chi connectivity index (χ1n) is 6.66. The number of aryl methyl sites for hydroxylation is 1. The van der Waals surface area contributed by atoms with Gasteiger partial charge in [0.25, 0.3) is 5.69 Å². The van der Waals surface area contributed by atoms with Gasteiger partial charge in [-0.3, -0.25) is 10.1 Å². The topological polar surface area (TPSA) is 68.1 Å². The van der Waals surface area contributed by atoms with Gasteiger partial charge in [0, 0.05) is 28.8 Å². The molecule has 1 heterocycles. The van der Waals surface area contributed by atoms with Crippen LogP contribution in [0.5, 0.6) is 0 Å².